The van der Waals surface area contributed by atoms with E-state index in [4.69, 9.17) is 0 Å². The Labute approximate surface area is 118 Å². The van der Waals surface area contributed by atoms with Gasteiger partial charge in [-0.05, 0) is 54.5 Å². The molecule has 0 saturated heterocycles. The van der Waals surface area contributed by atoms with Gasteiger partial charge in [-0.3, -0.25) is 0 Å². The molecule has 1 unspecified atom stereocenters. The van der Waals surface area contributed by atoms with E-state index >= 15 is 0 Å². The van der Waals surface area contributed by atoms with Crippen molar-refractivity contribution in [3.63, 3.8) is 0 Å². The first kappa shape index (κ1) is 12.9. The van der Waals surface area contributed by atoms with Crippen LogP contribution in [0.5, 0.6) is 0 Å². The van der Waals surface area contributed by atoms with Crippen LogP contribution in [0.2, 0.25) is 0 Å². The van der Waals surface area contributed by atoms with Crippen LogP contribution in [0, 0.1) is 17.1 Å². The van der Waals surface area contributed by atoms with Crippen LogP contribution < -0.4 is 0 Å². The first-order chi connectivity index (χ1) is 9.73. The molecule has 0 N–H and O–H groups in total. The fraction of sp³-hybridized carbons (Fsp3) is 0.278. The average Bonchev–Trinajstić information content (AvgIpc) is 2.50. The Morgan fingerprint density at radius 1 is 1.10 bits per heavy atom. The maximum atomic E-state index is 13.0. The van der Waals surface area contributed by atoms with Crippen LogP contribution in [-0.2, 0) is 18.3 Å². The minimum Gasteiger partial charge on any atom is -0.207 e. The summed E-state index contributed by atoms with van der Waals surface area (Å²) in [6, 6.07) is 17.3. The predicted molar refractivity (Wildman–Crippen MR) is 76.8 cm³/mol. The third kappa shape index (κ3) is 2.20. The molecule has 1 aliphatic rings. The molecule has 20 heavy (non-hydrogen) atoms. The van der Waals surface area contributed by atoms with Crippen molar-refractivity contribution >= 4 is 0 Å². The van der Waals surface area contributed by atoms with E-state index in [1.54, 1.807) is 12.1 Å². The summed E-state index contributed by atoms with van der Waals surface area (Å²) >= 11 is 0. The molecule has 0 aliphatic heterocycles. The number of aryl methyl sites for hydroxylation is 1. The summed E-state index contributed by atoms with van der Waals surface area (Å²) in [7, 11) is 0. The molecule has 100 valence electrons. The summed E-state index contributed by atoms with van der Waals surface area (Å²) in [4.78, 5) is 0. The number of halogens is 1. The van der Waals surface area contributed by atoms with Gasteiger partial charge in [-0.2, -0.15) is 5.26 Å². The highest BCUT2D eigenvalue weighted by Gasteiger charge is 2.36. The van der Waals surface area contributed by atoms with Gasteiger partial charge in [0, 0.05) is 0 Å². The molecule has 2 aromatic carbocycles. The Morgan fingerprint density at radius 2 is 1.85 bits per heavy atom. The summed E-state index contributed by atoms with van der Waals surface area (Å²) in [5.74, 6) is -0.233. The van der Waals surface area contributed by atoms with E-state index in [-0.39, 0.29) is 5.82 Å². The van der Waals surface area contributed by atoms with Crippen LogP contribution in [-0.4, -0.2) is 0 Å². The quantitative estimate of drug-likeness (QED) is 0.799. The van der Waals surface area contributed by atoms with Gasteiger partial charge in [0.25, 0.3) is 0 Å². The van der Waals surface area contributed by atoms with E-state index in [1.165, 1.54) is 17.7 Å². The zero-order chi connectivity index (χ0) is 14.0. The van der Waals surface area contributed by atoms with Gasteiger partial charge >= 0.3 is 0 Å². The monoisotopic (exact) mass is 265 g/mol. The molecule has 2 heteroatoms. The number of nitrogens with zero attached hydrogens (tertiary/aromatic N) is 1. The lowest BCUT2D eigenvalue weighted by molar-refractivity contribution is 0.450. The van der Waals surface area contributed by atoms with Crippen molar-refractivity contribution in [2.75, 3.05) is 0 Å². The second-order valence-electron chi connectivity index (χ2n) is 5.51. The highest BCUT2D eigenvalue weighted by atomic mass is 19.1. The van der Waals surface area contributed by atoms with Gasteiger partial charge in [-0.1, -0.05) is 36.4 Å². The summed E-state index contributed by atoms with van der Waals surface area (Å²) in [6.45, 7) is 0. The Kier molecular flexibility index (Phi) is 3.28. The minimum atomic E-state index is -0.466. The molecule has 0 bridgehead atoms. The molecule has 0 spiro atoms. The molecule has 1 atom stereocenters. The van der Waals surface area contributed by atoms with E-state index in [0.29, 0.717) is 6.42 Å². The number of fused-ring (bicyclic) bond motifs is 1. The fourth-order valence-electron chi connectivity index (χ4n) is 3.21. The lowest BCUT2D eigenvalue weighted by Gasteiger charge is -2.33. The third-order valence-corrected chi connectivity index (χ3v) is 4.22. The second-order valence-corrected chi connectivity index (χ2v) is 5.51. The van der Waals surface area contributed by atoms with Crippen molar-refractivity contribution in [3.05, 3.63) is 71.0 Å². The van der Waals surface area contributed by atoms with Crippen LogP contribution in [0.15, 0.2) is 48.5 Å². The molecule has 3 rings (SSSR count). The van der Waals surface area contributed by atoms with Crippen LogP contribution in [0.25, 0.3) is 0 Å². The summed E-state index contributed by atoms with van der Waals surface area (Å²) in [5, 5.41) is 9.78. The van der Waals surface area contributed by atoms with Crippen LogP contribution >= 0.6 is 0 Å². The third-order valence-electron chi connectivity index (χ3n) is 4.22. The van der Waals surface area contributed by atoms with E-state index in [9.17, 15) is 9.65 Å². The Balaban J connectivity index is 2.01. The smallest absolute Gasteiger partial charge is 0.123 e. The summed E-state index contributed by atoms with van der Waals surface area (Å²) in [6.07, 6.45) is 3.60. The Hall–Kier alpha value is -2.14. The Bertz CT molecular complexity index is 654. The first-order valence-electron chi connectivity index (χ1n) is 6.98. The lowest BCUT2D eigenvalue weighted by Crippen LogP contribution is -2.31. The number of hydrogen-bond donors (Lipinski definition) is 0. The zero-order valence-electron chi connectivity index (χ0n) is 11.3. The second kappa shape index (κ2) is 5.09. The maximum absolute atomic E-state index is 13.0. The van der Waals surface area contributed by atoms with Crippen molar-refractivity contribution in [1.29, 1.82) is 5.26 Å². The van der Waals surface area contributed by atoms with Gasteiger partial charge < -0.3 is 0 Å². The van der Waals surface area contributed by atoms with Gasteiger partial charge in [0.15, 0.2) is 0 Å². The molecule has 0 radical (unpaired) electrons. The van der Waals surface area contributed by atoms with E-state index < -0.39 is 5.41 Å². The molecular formula is C18H16FN. The summed E-state index contributed by atoms with van der Waals surface area (Å²) < 4.78 is 13.0. The molecule has 1 nitrogen and oxygen atoms in total. The molecule has 0 saturated carbocycles. The molecule has 0 aromatic heterocycles. The molecular weight excluding hydrogens is 249 g/mol. The normalized spacial score (nSPS) is 21.0. The van der Waals surface area contributed by atoms with Crippen LogP contribution in [0.1, 0.15) is 29.5 Å². The number of rotatable bonds is 2. The lowest BCUT2D eigenvalue weighted by atomic mass is 9.68. The van der Waals surface area contributed by atoms with Gasteiger partial charge in [-0.25, -0.2) is 4.39 Å². The topological polar surface area (TPSA) is 23.8 Å². The number of hydrogen-bond acceptors (Lipinski definition) is 1. The van der Waals surface area contributed by atoms with Crippen molar-refractivity contribution < 1.29 is 4.39 Å². The van der Waals surface area contributed by atoms with Gasteiger partial charge in [0.2, 0.25) is 0 Å². The van der Waals surface area contributed by atoms with Gasteiger partial charge in [-0.15, -0.1) is 0 Å². The predicted octanol–water partition coefficient (Wildman–Crippen LogP) is 4.17. The molecule has 0 amide bonds. The van der Waals surface area contributed by atoms with E-state index in [1.807, 2.05) is 12.1 Å². The van der Waals surface area contributed by atoms with Crippen molar-refractivity contribution in [1.82, 2.24) is 0 Å². The standard InChI is InChI=1S/C18H16FN/c19-16-9-7-14(8-10-16)12-18(13-20)11-3-5-15-4-1-2-6-17(15)18/h1-2,4,6-10H,3,5,11-12H2. The minimum absolute atomic E-state index is 0.233. The Morgan fingerprint density at radius 3 is 2.60 bits per heavy atom. The number of nitriles is 1. The highest BCUT2D eigenvalue weighted by Crippen LogP contribution is 2.39. The van der Waals surface area contributed by atoms with E-state index in [2.05, 4.69) is 18.2 Å². The van der Waals surface area contributed by atoms with E-state index in [0.717, 1.165) is 30.4 Å². The van der Waals surface area contributed by atoms with Crippen LogP contribution in [0.4, 0.5) is 4.39 Å². The van der Waals surface area contributed by atoms with Crippen molar-refractivity contribution in [2.45, 2.75) is 31.1 Å². The molecule has 0 fully saturated rings. The van der Waals surface area contributed by atoms with Gasteiger partial charge in [0.05, 0.1) is 11.5 Å². The van der Waals surface area contributed by atoms with Gasteiger partial charge in [0.1, 0.15) is 5.82 Å². The largest absolute Gasteiger partial charge is 0.207 e. The average molecular weight is 265 g/mol. The SMILES string of the molecule is N#CC1(Cc2ccc(F)cc2)CCCc2ccccc21. The van der Waals surface area contributed by atoms with Crippen molar-refractivity contribution in [3.8, 4) is 6.07 Å². The molecule has 2 aromatic rings. The fourth-order valence-corrected chi connectivity index (χ4v) is 3.21. The number of benzene rings is 2. The maximum Gasteiger partial charge on any atom is 0.123 e. The highest BCUT2D eigenvalue weighted by molar-refractivity contribution is 5.43. The molecule has 1 aliphatic carbocycles. The first-order valence-corrected chi connectivity index (χ1v) is 6.98. The van der Waals surface area contributed by atoms with Crippen LogP contribution in [0.3, 0.4) is 0 Å². The zero-order valence-corrected chi connectivity index (χ0v) is 11.3. The summed E-state index contributed by atoms with van der Waals surface area (Å²) in [5.41, 5.74) is 2.98. The molecule has 0 heterocycles. The van der Waals surface area contributed by atoms with Crippen molar-refractivity contribution in [2.24, 2.45) is 0 Å².